The predicted octanol–water partition coefficient (Wildman–Crippen LogP) is -0.592. The van der Waals surface area contributed by atoms with Crippen LogP contribution < -0.4 is 29.6 Å². The quantitative estimate of drug-likeness (QED) is 0.541. The number of hydrogen-bond donors (Lipinski definition) is 0. The van der Waals surface area contributed by atoms with Crippen LogP contribution in [0.3, 0.4) is 0 Å². The Morgan fingerprint density at radius 2 is 1.82 bits per heavy atom. The average Bonchev–Trinajstić information content (AvgIpc) is 2.04. The van der Waals surface area contributed by atoms with Gasteiger partial charge in [0.1, 0.15) is 0 Å². The van der Waals surface area contributed by atoms with Crippen LogP contribution in [0.15, 0.2) is 18.2 Å². The molecular weight excluding hydrogens is 292 g/mol. The standard InChI is InChI=1S/C8H6ClF3O3S.Na/c9-6-2-1-5(4-16(13,14)15)7(3-6)8(10,11)12;/h1-3H,4H2,(H,13,14,15);/q;+1/p-1. The summed E-state index contributed by atoms with van der Waals surface area (Å²) < 4.78 is 68.6. The van der Waals surface area contributed by atoms with Crippen LogP contribution in [0.4, 0.5) is 13.2 Å². The molecule has 90 valence electrons. The minimum absolute atomic E-state index is 0. The van der Waals surface area contributed by atoms with Gasteiger partial charge >= 0.3 is 35.7 Å². The van der Waals surface area contributed by atoms with E-state index in [1.54, 1.807) is 0 Å². The first kappa shape index (κ1) is 17.2. The van der Waals surface area contributed by atoms with E-state index in [9.17, 15) is 26.1 Å². The van der Waals surface area contributed by atoms with Gasteiger partial charge in [0.15, 0.2) is 0 Å². The van der Waals surface area contributed by atoms with Crippen LogP contribution in [-0.4, -0.2) is 13.0 Å². The molecule has 9 heteroatoms. The SMILES string of the molecule is O=S(=O)([O-])Cc1ccc(Cl)cc1C(F)(F)F.[Na+]. The average molecular weight is 297 g/mol. The summed E-state index contributed by atoms with van der Waals surface area (Å²) in [5, 5.41) is -0.181. The smallest absolute Gasteiger partial charge is 0.748 e. The third kappa shape index (κ3) is 5.58. The largest absolute Gasteiger partial charge is 1.00 e. The van der Waals surface area contributed by atoms with E-state index in [0.29, 0.717) is 6.07 Å². The van der Waals surface area contributed by atoms with Gasteiger partial charge in [-0.2, -0.15) is 13.2 Å². The van der Waals surface area contributed by atoms with Crippen molar-refractivity contribution in [2.75, 3.05) is 0 Å². The molecule has 0 saturated heterocycles. The zero-order valence-electron chi connectivity index (χ0n) is 8.58. The Kier molecular flexibility index (Phi) is 5.97. The molecule has 0 bridgehead atoms. The van der Waals surface area contributed by atoms with Crippen molar-refractivity contribution in [2.24, 2.45) is 0 Å². The van der Waals surface area contributed by atoms with E-state index in [-0.39, 0.29) is 34.6 Å². The Morgan fingerprint density at radius 1 is 1.29 bits per heavy atom. The molecule has 1 rings (SSSR count). The molecule has 0 N–H and O–H groups in total. The first-order valence-electron chi connectivity index (χ1n) is 3.89. The molecule has 0 radical (unpaired) electrons. The van der Waals surface area contributed by atoms with E-state index >= 15 is 0 Å². The molecule has 0 spiro atoms. The molecule has 0 unspecified atom stereocenters. The van der Waals surface area contributed by atoms with Gasteiger partial charge in [0.2, 0.25) is 0 Å². The minimum Gasteiger partial charge on any atom is -0.748 e. The van der Waals surface area contributed by atoms with Crippen LogP contribution in [0.25, 0.3) is 0 Å². The molecule has 1 aromatic rings. The Balaban J connectivity index is 0.00000256. The van der Waals surface area contributed by atoms with E-state index in [4.69, 9.17) is 11.6 Å². The van der Waals surface area contributed by atoms with Crippen LogP contribution in [0.5, 0.6) is 0 Å². The van der Waals surface area contributed by atoms with Crippen molar-refractivity contribution in [2.45, 2.75) is 11.9 Å². The number of alkyl halides is 3. The maximum absolute atomic E-state index is 12.4. The zero-order valence-corrected chi connectivity index (χ0v) is 12.2. The summed E-state index contributed by atoms with van der Waals surface area (Å²) in [4.78, 5) is 0. The Morgan fingerprint density at radius 3 is 2.24 bits per heavy atom. The van der Waals surface area contributed by atoms with Crippen LogP contribution in [0.2, 0.25) is 5.02 Å². The molecule has 0 aliphatic rings. The van der Waals surface area contributed by atoms with Crippen LogP contribution in [-0.2, 0) is 22.0 Å². The number of rotatable bonds is 2. The Bertz CT molecular complexity index is 501. The number of benzene rings is 1. The number of hydrogen-bond acceptors (Lipinski definition) is 3. The Labute approximate surface area is 123 Å². The van der Waals surface area contributed by atoms with Crippen molar-refractivity contribution < 1.29 is 55.7 Å². The van der Waals surface area contributed by atoms with E-state index < -0.39 is 33.2 Å². The molecule has 0 amide bonds. The van der Waals surface area contributed by atoms with Crippen molar-refractivity contribution in [1.29, 1.82) is 0 Å². The van der Waals surface area contributed by atoms with Gasteiger partial charge in [-0.25, -0.2) is 8.42 Å². The van der Waals surface area contributed by atoms with Gasteiger partial charge in [0, 0.05) is 5.02 Å². The van der Waals surface area contributed by atoms with Gasteiger partial charge in [-0.3, -0.25) is 0 Å². The third-order valence-electron chi connectivity index (χ3n) is 1.71. The topological polar surface area (TPSA) is 57.2 Å². The summed E-state index contributed by atoms with van der Waals surface area (Å²) in [6.45, 7) is 0. The maximum atomic E-state index is 12.4. The molecule has 0 fully saturated rings. The molecule has 0 atom stereocenters. The summed E-state index contributed by atoms with van der Waals surface area (Å²) in [5.74, 6) is -1.21. The van der Waals surface area contributed by atoms with Gasteiger partial charge in [-0.05, 0) is 17.7 Å². The monoisotopic (exact) mass is 296 g/mol. The molecule has 0 heterocycles. The van der Waals surface area contributed by atoms with Crippen LogP contribution >= 0.6 is 11.6 Å². The van der Waals surface area contributed by atoms with Crippen LogP contribution in [0.1, 0.15) is 11.1 Å². The summed E-state index contributed by atoms with van der Waals surface area (Å²) >= 11 is 5.37. The molecule has 0 aromatic heterocycles. The van der Waals surface area contributed by atoms with E-state index in [1.165, 1.54) is 0 Å². The van der Waals surface area contributed by atoms with Crippen LogP contribution in [0, 0.1) is 0 Å². The first-order chi connectivity index (χ1) is 7.09. The van der Waals surface area contributed by atoms with Gasteiger partial charge in [-0.1, -0.05) is 17.7 Å². The molecule has 0 aliphatic heterocycles. The van der Waals surface area contributed by atoms with Gasteiger partial charge < -0.3 is 4.55 Å². The second-order valence-corrected chi connectivity index (χ2v) is 4.84. The molecule has 0 aliphatic carbocycles. The van der Waals surface area contributed by atoms with Crippen molar-refractivity contribution >= 4 is 21.7 Å². The fourth-order valence-corrected chi connectivity index (χ4v) is 1.93. The van der Waals surface area contributed by atoms with E-state index in [0.717, 1.165) is 12.1 Å². The normalized spacial score (nSPS) is 12.1. The Hall–Kier alpha value is 0.210. The summed E-state index contributed by atoms with van der Waals surface area (Å²) in [5.41, 5.74) is -1.81. The molecular formula is C8H5ClF3NaO3S. The third-order valence-corrected chi connectivity index (χ3v) is 2.61. The summed E-state index contributed by atoms with van der Waals surface area (Å²) in [6, 6.07) is 2.56. The van der Waals surface area contributed by atoms with Gasteiger partial charge in [0.25, 0.3) is 0 Å². The first-order valence-corrected chi connectivity index (χ1v) is 5.84. The van der Waals surface area contributed by atoms with Crippen molar-refractivity contribution in [3.05, 3.63) is 34.3 Å². The fraction of sp³-hybridized carbons (Fsp3) is 0.250. The van der Waals surface area contributed by atoms with Gasteiger partial charge in [-0.15, -0.1) is 0 Å². The van der Waals surface area contributed by atoms with E-state index in [1.807, 2.05) is 0 Å². The van der Waals surface area contributed by atoms with E-state index in [2.05, 4.69) is 0 Å². The predicted molar refractivity (Wildman–Crippen MR) is 49.9 cm³/mol. The molecule has 3 nitrogen and oxygen atoms in total. The summed E-state index contributed by atoms with van der Waals surface area (Å²) in [7, 11) is -4.77. The molecule has 1 aromatic carbocycles. The minimum atomic E-state index is -4.77. The van der Waals surface area contributed by atoms with Gasteiger partial charge in [0.05, 0.1) is 21.4 Å². The number of halogens is 4. The van der Waals surface area contributed by atoms with Crippen molar-refractivity contribution in [3.8, 4) is 0 Å². The second kappa shape index (κ2) is 5.90. The van der Waals surface area contributed by atoms with Crippen molar-refractivity contribution in [3.63, 3.8) is 0 Å². The molecule has 17 heavy (non-hydrogen) atoms. The second-order valence-electron chi connectivity index (χ2n) is 3.00. The zero-order chi connectivity index (χ0) is 12.6. The fourth-order valence-electron chi connectivity index (χ4n) is 1.13. The van der Waals surface area contributed by atoms with Crippen molar-refractivity contribution in [1.82, 2.24) is 0 Å². The molecule has 0 saturated carbocycles. The summed E-state index contributed by atoms with van der Waals surface area (Å²) in [6.07, 6.45) is -4.75. The maximum Gasteiger partial charge on any atom is 1.00 e.